The van der Waals surface area contributed by atoms with Crippen molar-refractivity contribution < 1.29 is 13.2 Å². The van der Waals surface area contributed by atoms with Crippen LogP contribution in [0.3, 0.4) is 0 Å². The van der Waals surface area contributed by atoms with Crippen LogP contribution in [0.15, 0.2) is 87.1 Å². The van der Waals surface area contributed by atoms with Crippen molar-refractivity contribution in [3.05, 3.63) is 90.0 Å². The van der Waals surface area contributed by atoms with E-state index < -0.39 is 23.7 Å². The van der Waals surface area contributed by atoms with Gasteiger partial charge in [-0.05, 0) is 0 Å². The standard InChI is InChI=1S/C21H21NO3SSe/c1-17-8-12-20(13-9-17)26(23,24)22-27(16-18-6-4-3-5-7-18)21-14-10-19(25-2)11-15-21/h3-15H,16H2,1-2H3. The van der Waals surface area contributed by atoms with E-state index in [1.807, 2.05) is 61.5 Å². The molecule has 0 radical (unpaired) electrons. The Hall–Kier alpha value is -2.27. The van der Waals surface area contributed by atoms with Gasteiger partial charge in [-0.15, -0.1) is 0 Å². The van der Waals surface area contributed by atoms with Crippen molar-refractivity contribution in [3.63, 3.8) is 0 Å². The van der Waals surface area contributed by atoms with Crippen molar-refractivity contribution in [1.29, 1.82) is 0 Å². The first-order valence-electron chi connectivity index (χ1n) is 8.41. The third kappa shape index (κ3) is 5.13. The fourth-order valence-corrected chi connectivity index (χ4v) is 8.70. The van der Waals surface area contributed by atoms with Crippen LogP contribution in [0.25, 0.3) is 0 Å². The summed E-state index contributed by atoms with van der Waals surface area (Å²) in [5, 5.41) is 0.623. The number of methoxy groups -OCH3 is 1. The van der Waals surface area contributed by atoms with Crippen molar-refractivity contribution in [2.45, 2.75) is 17.1 Å². The van der Waals surface area contributed by atoms with Crippen LogP contribution in [0.2, 0.25) is 0 Å². The summed E-state index contributed by atoms with van der Waals surface area (Å²) in [4.78, 5) is 0.239. The van der Waals surface area contributed by atoms with Crippen LogP contribution in [-0.2, 0) is 15.3 Å². The van der Waals surface area contributed by atoms with Gasteiger partial charge in [0, 0.05) is 0 Å². The van der Waals surface area contributed by atoms with E-state index in [0.717, 1.165) is 21.3 Å². The van der Waals surface area contributed by atoms with Crippen LogP contribution >= 0.6 is 0 Å². The summed E-state index contributed by atoms with van der Waals surface area (Å²) in [6.45, 7) is 1.93. The molecule has 0 aliphatic heterocycles. The van der Waals surface area contributed by atoms with Gasteiger partial charge in [-0.1, -0.05) is 0 Å². The summed E-state index contributed by atoms with van der Waals surface area (Å²) in [6.07, 6.45) is 0. The Morgan fingerprint density at radius 3 is 2.11 bits per heavy atom. The number of ether oxygens (including phenoxy) is 1. The zero-order valence-corrected chi connectivity index (χ0v) is 17.7. The molecule has 140 valence electrons. The Kier molecular flexibility index (Phi) is 6.22. The quantitative estimate of drug-likeness (QED) is 0.544. The van der Waals surface area contributed by atoms with Crippen molar-refractivity contribution >= 4 is 28.2 Å². The van der Waals surface area contributed by atoms with E-state index in [-0.39, 0.29) is 4.90 Å². The van der Waals surface area contributed by atoms with Gasteiger partial charge in [0.1, 0.15) is 0 Å². The predicted octanol–water partition coefficient (Wildman–Crippen LogP) is 3.64. The molecule has 0 aliphatic carbocycles. The molecule has 0 saturated carbocycles. The number of aryl methyl sites for hydroxylation is 1. The molecule has 0 aliphatic rings. The Labute approximate surface area is 164 Å². The molecule has 0 fully saturated rings. The molecular weight excluding hydrogens is 425 g/mol. The second-order valence-corrected chi connectivity index (χ2v) is 11.7. The average Bonchev–Trinajstić information content (AvgIpc) is 2.68. The van der Waals surface area contributed by atoms with Gasteiger partial charge < -0.3 is 0 Å². The van der Waals surface area contributed by atoms with Gasteiger partial charge in [-0.2, -0.15) is 0 Å². The predicted molar refractivity (Wildman–Crippen MR) is 109 cm³/mol. The summed E-state index contributed by atoms with van der Waals surface area (Å²) in [5.41, 5.74) is 2.10. The summed E-state index contributed by atoms with van der Waals surface area (Å²) in [7, 11) is -2.10. The van der Waals surface area contributed by atoms with Gasteiger partial charge in [0.05, 0.1) is 0 Å². The normalized spacial score (nSPS) is 12.7. The second-order valence-electron chi connectivity index (χ2n) is 6.03. The van der Waals surface area contributed by atoms with Crippen molar-refractivity contribution in [1.82, 2.24) is 0 Å². The van der Waals surface area contributed by atoms with Crippen molar-refractivity contribution in [2.24, 2.45) is 3.37 Å². The van der Waals surface area contributed by atoms with Crippen LogP contribution in [0, 0.1) is 6.92 Å². The fraction of sp³-hybridized carbons (Fsp3) is 0.143. The van der Waals surface area contributed by atoms with Gasteiger partial charge in [0.15, 0.2) is 0 Å². The maximum absolute atomic E-state index is 12.9. The molecule has 3 aromatic rings. The molecule has 0 aromatic heterocycles. The molecule has 3 rings (SSSR count). The van der Waals surface area contributed by atoms with Gasteiger partial charge in [0.2, 0.25) is 0 Å². The van der Waals surface area contributed by atoms with Crippen LogP contribution in [0.1, 0.15) is 11.1 Å². The Morgan fingerprint density at radius 2 is 1.52 bits per heavy atom. The maximum atomic E-state index is 12.9. The molecule has 0 bridgehead atoms. The number of rotatable bonds is 6. The second kappa shape index (κ2) is 8.61. The number of hydrogen-bond donors (Lipinski definition) is 0. The number of sulfonamides is 1. The van der Waals surface area contributed by atoms with Crippen LogP contribution < -0.4 is 9.20 Å². The average molecular weight is 446 g/mol. The van der Waals surface area contributed by atoms with E-state index in [1.54, 1.807) is 31.4 Å². The monoisotopic (exact) mass is 447 g/mol. The van der Waals surface area contributed by atoms with Crippen LogP contribution in [-0.4, -0.2) is 29.2 Å². The summed E-state index contributed by atoms with van der Waals surface area (Å²) >= 11 is -2.01. The van der Waals surface area contributed by atoms with E-state index in [2.05, 4.69) is 3.37 Å². The van der Waals surface area contributed by atoms with Gasteiger partial charge in [-0.25, -0.2) is 0 Å². The molecule has 1 unspecified atom stereocenters. The topological polar surface area (TPSA) is 55.7 Å². The molecular formula is C21H21NO3SSe. The zero-order valence-electron chi connectivity index (χ0n) is 15.2. The SMILES string of the molecule is COc1ccc(/[Se](Cc2ccccc2)=N\S(=O)(=O)c2ccc(C)cc2)cc1. The minimum atomic E-state index is -3.71. The number of hydrogen-bond acceptors (Lipinski definition) is 3. The van der Waals surface area contributed by atoms with Crippen LogP contribution in [0.5, 0.6) is 5.75 Å². The minimum absolute atomic E-state index is 0.239. The Morgan fingerprint density at radius 1 is 0.889 bits per heavy atom. The third-order valence-electron chi connectivity index (χ3n) is 3.98. The molecule has 6 heteroatoms. The first kappa shape index (κ1) is 19.5. The molecule has 0 spiro atoms. The first-order chi connectivity index (χ1) is 13.0. The summed E-state index contributed by atoms with van der Waals surface area (Å²) in [6, 6.07) is 24.2. The van der Waals surface area contributed by atoms with Crippen molar-refractivity contribution in [3.8, 4) is 5.75 Å². The number of nitrogens with zero attached hydrogens (tertiary/aromatic N) is 1. The van der Waals surface area contributed by atoms with E-state index in [1.165, 1.54) is 0 Å². The molecule has 1 atom stereocenters. The van der Waals surface area contributed by atoms with Crippen molar-refractivity contribution in [2.75, 3.05) is 7.11 Å². The zero-order chi connectivity index (χ0) is 19.3. The third-order valence-corrected chi connectivity index (χ3v) is 10.6. The Balaban J connectivity index is 2.04. The molecule has 0 amide bonds. The molecule has 3 aromatic carbocycles. The van der Waals surface area contributed by atoms with Gasteiger partial charge >= 0.3 is 165 Å². The number of benzene rings is 3. The fourth-order valence-electron chi connectivity index (χ4n) is 2.49. The first-order valence-corrected chi connectivity index (χ1v) is 12.7. The molecule has 0 saturated heterocycles. The van der Waals surface area contributed by atoms with E-state index in [9.17, 15) is 8.42 Å². The molecule has 4 nitrogen and oxygen atoms in total. The summed E-state index contributed by atoms with van der Waals surface area (Å²) < 4.78 is 36.3. The molecule has 27 heavy (non-hydrogen) atoms. The molecule has 0 heterocycles. The Bertz CT molecular complexity index is 1030. The van der Waals surface area contributed by atoms with Gasteiger partial charge in [0.25, 0.3) is 0 Å². The van der Waals surface area contributed by atoms with E-state index in [0.29, 0.717) is 5.32 Å². The van der Waals surface area contributed by atoms with Crippen LogP contribution in [0.4, 0.5) is 0 Å². The van der Waals surface area contributed by atoms with Gasteiger partial charge in [-0.3, -0.25) is 0 Å². The summed E-state index contributed by atoms with van der Waals surface area (Å²) in [5.74, 6) is 0.741. The molecule has 0 N–H and O–H groups in total. The van der Waals surface area contributed by atoms with E-state index >= 15 is 0 Å². The van der Waals surface area contributed by atoms with E-state index in [4.69, 9.17) is 4.74 Å².